The van der Waals surface area contributed by atoms with Gasteiger partial charge in [-0.3, -0.25) is 9.89 Å². The van der Waals surface area contributed by atoms with E-state index in [-0.39, 0.29) is 17.8 Å². The van der Waals surface area contributed by atoms with Crippen LogP contribution >= 0.6 is 0 Å². The minimum absolute atomic E-state index is 0.116. The van der Waals surface area contributed by atoms with E-state index in [0.717, 1.165) is 17.5 Å². The van der Waals surface area contributed by atoms with E-state index < -0.39 is 0 Å². The van der Waals surface area contributed by atoms with Crippen molar-refractivity contribution < 1.29 is 13.9 Å². The molecular formula is C22H22FN3O2. The van der Waals surface area contributed by atoms with E-state index in [4.69, 9.17) is 4.74 Å². The van der Waals surface area contributed by atoms with Gasteiger partial charge in [-0.15, -0.1) is 0 Å². The second-order valence-corrected chi connectivity index (χ2v) is 7.24. The van der Waals surface area contributed by atoms with Gasteiger partial charge in [-0.05, 0) is 36.6 Å². The van der Waals surface area contributed by atoms with Gasteiger partial charge < -0.3 is 9.64 Å². The molecule has 5 nitrogen and oxygen atoms in total. The van der Waals surface area contributed by atoms with E-state index in [1.54, 1.807) is 48.7 Å². The number of nitrogens with one attached hydrogen (secondary N) is 1. The second-order valence-electron chi connectivity index (χ2n) is 7.24. The highest BCUT2D eigenvalue weighted by Crippen LogP contribution is 2.38. The fraction of sp³-hybridized carbons (Fsp3) is 0.273. The third kappa shape index (κ3) is 3.26. The largest absolute Gasteiger partial charge is 0.496 e. The Morgan fingerprint density at radius 1 is 1.29 bits per heavy atom. The predicted octanol–water partition coefficient (Wildman–Crippen LogP) is 4.45. The molecule has 0 unspecified atom stereocenters. The number of aromatic nitrogens is 2. The molecule has 1 aliphatic heterocycles. The summed E-state index contributed by atoms with van der Waals surface area (Å²) in [6.45, 7) is 2.69. The van der Waals surface area contributed by atoms with E-state index in [2.05, 4.69) is 17.1 Å². The van der Waals surface area contributed by atoms with Crippen LogP contribution in [0.5, 0.6) is 5.75 Å². The number of rotatable bonds is 4. The van der Waals surface area contributed by atoms with E-state index in [9.17, 15) is 9.18 Å². The quantitative estimate of drug-likeness (QED) is 0.729. The van der Waals surface area contributed by atoms with Crippen molar-refractivity contribution in [1.82, 2.24) is 15.1 Å². The topological polar surface area (TPSA) is 58.2 Å². The van der Waals surface area contributed by atoms with Crippen molar-refractivity contribution in [2.45, 2.75) is 19.4 Å². The number of ether oxygens (including phenoxy) is 1. The summed E-state index contributed by atoms with van der Waals surface area (Å²) in [6, 6.07) is 11.8. The summed E-state index contributed by atoms with van der Waals surface area (Å²) in [5.41, 5.74) is 2.84. The van der Waals surface area contributed by atoms with E-state index in [1.165, 1.54) is 6.07 Å². The Kier molecular flexibility index (Phi) is 4.86. The highest BCUT2D eigenvalue weighted by molar-refractivity contribution is 5.96. The van der Waals surface area contributed by atoms with Gasteiger partial charge in [0.1, 0.15) is 11.6 Å². The molecule has 2 atom stereocenters. The Bertz CT molecular complexity index is 987. The third-order valence-electron chi connectivity index (χ3n) is 5.29. The highest BCUT2D eigenvalue weighted by Gasteiger charge is 2.36. The molecule has 2 aromatic carbocycles. The molecule has 0 bridgehead atoms. The number of H-pyrrole nitrogens is 1. The molecule has 3 aromatic rings. The van der Waals surface area contributed by atoms with Crippen LogP contribution < -0.4 is 4.74 Å². The second kappa shape index (κ2) is 7.46. The van der Waals surface area contributed by atoms with E-state index in [0.29, 0.717) is 29.3 Å². The molecule has 6 heteroatoms. The molecule has 4 rings (SSSR count). The number of hydrogen-bond acceptors (Lipinski definition) is 3. The molecule has 1 N–H and O–H groups in total. The Morgan fingerprint density at radius 2 is 2.11 bits per heavy atom. The smallest absolute Gasteiger partial charge is 0.254 e. The first kappa shape index (κ1) is 18.2. The van der Waals surface area contributed by atoms with Crippen LogP contribution in [0.1, 0.15) is 35.3 Å². The average molecular weight is 379 g/mol. The lowest BCUT2D eigenvalue weighted by atomic mass is 10.00. The maximum atomic E-state index is 14.4. The number of nitrogens with zero attached hydrogens (tertiary/aromatic N) is 2. The molecule has 1 fully saturated rings. The standard InChI is InChI=1S/C22H22FN3O2/c1-14-9-20(18-5-3-4-6-19(18)23)26(13-14)22(27)15-7-8-17(21(10-15)28-2)16-11-24-25-12-16/h3-8,10-12,14,20H,9,13H2,1-2H3,(H,24,25)/t14-,20+/m0/s1. The predicted molar refractivity (Wildman–Crippen MR) is 105 cm³/mol. The van der Waals surface area contributed by atoms with Crippen molar-refractivity contribution in [1.29, 1.82) is 0 Å². The number of benzene rings is 2. The highest BCUT2D eigenvalue weighted by atomic mass is 19.1. The molecule has 144 valence electrons. The number of methoxy groups -OCH3 is 1. The normalized spacial score (nSPS) is 19.0. The summed E-state index contributed by atoms with van der Waals surface area (Å²) < 4.78 is 19.9. The SMILES string of the molecule is COc1cc(C(=O)N2C[C@@H](C)C[C@@H]2c2ccccc2F)ccc1-c1cn[nH]c1. The third-order valence-corrected chi connectivity index (χ3v) is 5.29. The monoisotopic (exact) mass is 379 g/mol. The zero-order valence-electron chi connectivity index (χ0n) is 15.9. The van der Waals surface area contributed by atoms with Crippen molar-refractivity contribution in [3.05, 3.63) is 71.8 Å². The van der Waals surface area contributed by atoms with E-state index in [1.807, 2.05) is 12.1 Å². The summed E-state index contributed by atoms with van der Waals surface area (Å²) >= 11 is 0. The molecule has 0 saturated carbocycles. The molecule has 1 aromatic heterocycles. The summed E-state index contributed by atoms with van der Waals surface area (Å²) in [4.78, 5) is 15.1. The van der Waals surface area contributed by atoms with Crippen LogP contribution in [0, 0.1) is 11.7 Å². The van der Waals surface area contributed by atoms with Crippen LogP contribution in [-0.4, -0.2) is 34.7 Å². The number of hydrogen-bond donors (Lipinski definition) is 1. The molecule has 0 spiro atoms. The van der Waals surface area contributed by atoms with Crippen LogP contribution in [0.3, 0.4) is 0 Å². The van der Waals surface area contributed by atoms with Gasteiger partial charge in [0, 0.05) is 35.0 Å². The fourth-order valence-electron chi connectivity index (χ4n) is 3.94. The van der Waals surface area contributed by atoms with Gasteiger partial charge in [0.25, 0.3) is 5.91 Å². The van der Waals surface area contributed by atoms with Crippen LogP contribution in [-0.2, 0) is 0 Å². The lowest BCUT2D eigenvalue weighted by Crippen LogP contribution is -2.31. The van der Waals surface area contributed by atoms with Gasteiger partial charge >= 0.3 is 0 Å². The number of halogens is 1. The first-order chi connectivity index (χ1) is 13.6. The summed E-state index contributed by atoms with van der Waals surface area (Å²) in [5, 5.41) is 6.74. The maximum absolute atomic E-state index is 14.4. The minimum atomic E-state index is -0.271. The summed E-state index contributed by atoms with van der Waals surface area (Å²) in [7, 11) is 1.58. The zero-order valence-corrected chi connectivity index (χ0v) is 15.9. The Labute approximate surface area is 163 Å². The molecular weight excluding hydrogens is 357 g/mol. The van der Waals surface area contributed by atoms with Crippen LogP contribution in [0.15, 0.2) is 54.9 Å². The van der Waals surface area contributed by atoms with Gasteiger partial charge in [0.2, 0.25) is 0 Å². The van der Waals surface area contributed by atoms with Crippen molar-refractivity contribution in [2.24, 2.45) is 5.92 Å². The molecule has 2 heterocycles. The van der Waals surface area contributed by atoms with Crippen LogP contribution in [0.4, 0.5) is 4.39 Å². The van der Waals surface area contributed by atoms with Gasteiger partial charge in [-0.25, -0.2) is 4.39 Å². The first-order valence-corrected chi connectivity index (χ1v) is 9.31. The number of likely N-dealkylation sites (tertiary alicyclic amines) is 1. The zero-order chi connectivity index (χ0) is 19.7. The van der Waals surface area contributed by atoms with Gasteiger partial charge in [-0.1, -0.05) is 25.1 Å². The van der Waals surface area contributed by atoms with Gasteiger partial charge in [0.05, 0.1) is 19.3 Å². The number of carbonyl (C=O) groups is 1. The minimum Gasteiger partial charge on any atom is -0.496 e. The molecule has 0 aliphatic carbocycles. The van der Waals surface area contributed by atoms with Gasteiger partial charge in [-0.2, -0.15) is 5.10 Å². The van der Waals surface area contributed by atoms with E-state index >= 15 is 0 Å². The number of amides is 1. The Hall–Kier alpha value is -3.15. The Balaban J connectivity index is 1.67. The Morgan fingerprint density at radius 3 is 2.82 bits per heavy atom. The lowest BCUT2D eigenvalue weighted by molar-refractivity contribution is 0.0730. The van der Waals surface area contributed by atoms with Gasteiger partial charge in [0.15, 0.2) is 0 Å². The lowest BCUT2D eigenvalue weighted by Gasteiger charge is -2.26. The van der Waals surface area contributed by atoms with Crippen molar-refractivity contribution in [3.8, 4) is 16.9 Å². The van der Waals surface area contributed by atoms with Crippen molar-refractivity contribution in [2.75, 3.05) is 13.7 Å². The average Bonchev–Trinajstić information content (AvgIpc) is 3.37. The maximum Gasteiger partial charge on any atom is 0.254 e. The molecule has 0 radical (unpaired) electrons. The first-order valence-electron chi connectivity index (χ1n) is 9.31. The van der Waals surface area contributed by atoms with Crippen LogP contribution in [0.2, 0.25) is 0 Å². The molecule has 1 saturated heterocycles. The van der Waals surface area contributed by atoms with Crippen LogP contribution in [0.25, 0.3) is 11.1 Å². The summed E-state index contributed by atoms with van der Waals surface area (Å²) in [5.74, 6) is 0.518. The van der Waals surface area contributed by atoms with Crippen molar-refractivity contribution in [3.63, 3.8) is 0 Å². The molecule has 28 heavy (non-hydrogen) atoms. The number of aromatic amines is 1. The molecule has 1 amide bonds. The number of carbonyl (C=O) groups excluding carboxylic acids is 1. The summed E-state index contributed by atoms with van der Waals surface area (Å²) in [6.07, 6.45) is 4.22. The fourth-order valence-corrected chi connectivity index (χ4v) is 3.94. The molecule has 1 aliphatic rings. The van der Waals surface area contributed by atoms with Crippen molar-refractivity contribution >= 4 is 5.91 Å².